The lowest BCUT2D eigenvalue weighted by molar-refractivity contribution is -0.140. The highest BCUT2D eigenvalue weighted by Gasteiger charge is 2.24. The van der Waals surface area contributed by atoms with Crippen LogP contribution in [-0.4, -0.2) is 23.1 Å². The fraction of sp³-hybridized carbons (Fsp3) is 0.333. The van der Waals surface area contributed by atoms with Crippen LogP contribution in [0.3, 0.4) is 0 Å². The number of carboxylic acids is 1. The Morgan fingerprint density at radius 2 is 1.74 bits per heavy atom. The Morgan fingerprint density at radius 3 is 2.16 bits per heavy atom. The van der Waals surface area contributed by atoms with Crippen LogP contribution in [0.5, 0.6) is 0 Å². The van der Waals surface area contributed by atoms with E-state index < -0.39 is 35.4 Å². The Bertz CT molecular complexity index is 472. The van der Waals surface area contributed by atoms with Crippen molar-refractivity contribution >= 4 is 17.7 Å². The quantitative estimate of drug-likeness (QED) is 0.786. The van der Waals surface area contributed by atoms with Crippen molar-refractivity contribution in [2.24, 2.45) is 5.92 Å². The van der Waals surface area contributed by atoms with Crippen LogP contribution in [0.15, 0.2) is 18.2 Å². The molecule has 3 N–H and O–H groups in total. The molecule has 2 amide bonds. The molecule has 0 radical (unpaired) electrons. The zero-order chi connectivity index (χ0) is 14.6. The van der Waals surface area contributed by atoms with Gasteiger partial charge in [-0.3, -0.25) is 0 Å². The smallest absolute Gasteiger partial charge is 0.326 e. The highest BCUT2D eigenvalue weighted by molar-refractivity contribution is 5.92. The van der Waals surface area contributed by atoms with Crippen molar-refractivity contribution in [2.75, 3.05) is 5.32 Å². The van der Waals surface area contributed by atoms with Crippen molar-refractivity contribution in [1.82, 2.24) is 5.32 Å². The van der Waals surface area contributed by atoms with Gasteiger partial charge in [0.25, 0.3) is 0 Å². The van der Waals surface area contributed by atoms with Crippen molar-refractivity contribution in [3.8, 4) is 0 Å². The van der Waals surface area contributed by atoms with E-state index in [1.165, 1.54) is 0 Å². The average molecular weight is 272 g/mol. The standard InChI is InChI=1S/C12H14F2N2O3/c1-6(2)9(11(17)18)15-12(19)16-10-7(13)4-3-5-8(10)14/h3-6,9H,1-2H3,(H,17,18)(H2,15,16,19)/t9-/m0/s1. The van der Waals surface area contributed by atoms with Crippen LogP contribution in [0.4, 0.5) is 19.3 Å². The van der Waals surface area contributed by atoms with Crippen LogP contribution in [0.25, 0.3) is 0 Å². The van der Waals surface area contributed by atoms with Crippen molar-refractivity contribution < 1.29 is 23.5 Å². The maximum atomic E-state index is 13.3. The van der Waals surface area contributed by atoms with E-state index in [0.717, 1.165) is 18.2 Å². The summed E-state index contributed by atoms with van der Waals surface area (Å²) < 4.78 is 26.5. The molecule has 0 spiro atoms. The summed E-state index contributed by atoms with van der Waals surface area (Å²) in [4.78, 5) is 22.4. The molecule has 1 atom stereocenters. The van der Waals surface area contributed by atoms with Crippen LogP contribution >= 0.6 is 0 Å². The van der Waals surface area contributed by atoms with Crippen molar-refractivity contribution in [3.05, 3.63) is 29.8 Å². The minimum absolute atomic E-state index is 0.367. The fourth-order valence-electron chi connectivity index (χ4n) is 1.42. The Morgan fingerprint density at radius 1 is 1.21 bits per heavy atom. The molecule has 0 unspecified atom stereocenters. The average Bonchev–Trinajstić information content (AvgIpc) is 2.30. The lowest BCUT2D eigenvalue weighted by Crippen LogP contribution is -2.46. The summed E-state index contributed by atoms with van der Waals surface area (Å²) in [7, 11) is 0. The van der Waals surface area contributed by atoms with Crippen LogP contribution < -0.4 is 10.6 Å². The second-order valence-electron chi connectivity index (χ2n) is 4.26. The number of anilines is 1. The molecule has 19 heavy (non-hydrogen) atoms. The van der Waals surface area contributed by atoms with E-state index >= 15 is 0 Å². The van der Waals surface area contributed by atoms with Crippen molar-refractivity contribution in [1.29, 1.82) is 0 Å². The number of hydrogen-bond donors (Lipinski definition) is 3. The third kappa shape index (κ3) is 3.90. The number of urea groups is 1. The van der Waals surface area contributed by atoms with Gasteiger partial charge in [-0.25, -0.2) is 18.4 Å². The number of halogens is 2. The Balaban J connectivity index is 2.78. The molecule has 104 valence electrons. The topological polar surface area (TPSA) is 78.4 Å². The highest BCUT2D eigenvalue weighted by Crippen LogP contribution is 2.17. The van der Waals surface area contributed by atoms with Gasteiger partial charge in [-0.1, -0.05) is 19.9 Å². The van der Waals surface area contributed by atoms with Gasteiger partial charge in [0.15, 0.2) is 0 Å². The second-order valence-corrected chi connectivity index (χ2v) is 4.26. The number of benzene rings is 1. The van der Waals surface area contributed by atoms with E-state index in [0.29, 0.717) is 0 Å². The minimum atomic E-state index is -1.22. The van der Waals surface area contributed by atoms with Gasteiger partial charge < -0.3 is 15.7 Å². The summed E-state index contributed by atoms with van der Waals surface area (Å²) in [6.07, 6.45) is 0. The summed E-state index contributed by atoms with van der Waals surface area (Å²) >= 11 is 0. The molecule has 0 aliphatic heterocycles. The lowest BCUT2D eigenvalue weighted by atomic mass is 10.1. The zero-order valence-electron chi connectivity index (χ0n) is 10.4. The molecule has 0 aromatic heterocycles. The normalized spacial score (nSPS) is 12.1. The summed E-state index contributed by atoms with van der Waals surface area (Å²) in [5, 5.41) is 13.0. The monoisotopic (exact) mass is 272 g/mol. The van der Waals surface area contributed by atoms with Gasteiger partial charge in [0, 0.05) is 0 Å². The van der Waals surface area contributed by atoms with Crippen molar-refractivity contribution in [2.45, 2.75) is 19.9 Å². The number of hydrogen-bond acceptors (Lipinski definition) is 2. The number of aliphatic carboxylic acids is 1. The summed E-state index contributed by atoms with van der Waals surface area (Å²) in [5.74, 6) is -3.47. The molecule has 0 aliphatic rings. The maximum Gasteiger partial charge on any atom is 0.326 e. The molecule has 0 bridgehead atoms. The molecule has 1 rings (SSSR count). The number of nitrogens with one attached hydrogen (secondary N) is 2. The predicted octanol–water partition coefficient (Wildman–Crippen LogP) is 2.20. The van der Waals surface area contributed by atoms with E-state index in [1.54, 1.807) is 13.8 Å². The SMILES string of the molecule is CC(C)[C@H](NC(=O)Nc1c(F)cccc1F)C(=O)O. The summed E-state index contributed by atoms with van der Waals surface area (Å²) in [6, 6.07) is 0.994. The van der Waals surface area contributed by atoms with Gasteiger partial charge in [-0.15, -0.1) is 0 Å². The molecular formula is C12H14F2N2O3. The van der Waals surface area contributed by atoms with Gasteiger partial charge in [0.2, 0.25) is 0 Å². The molecule has 0 aliphatic carbocycles. The number of carbonyl (C=O) groups is 2. The van der Waals surface area contributed by atoms with Gasteiger partial charge >= 0.3 is 12.0 Å². The molecule has 0 saturated heterocycles. The fourth-order valence-corrected chi connectivity index (χ4v) is 1.42. The van der Waals surface area contributed by atoms with Gasteiger partial charge in [0.1, 0.15) is 23.4 Å². The van der Waals surface area contributed by atoms with Crippen LogP contribution in [0.2, 0.25) is 0 Å². The zero-order valence-corrected chi connectivity index (χ0v) is 10.4. The molecule has 0 fully saturated rings. The molecule has 1 aromatic carbocycles. The van der Waals surface area contributed by atoms with E-state index in [2.05, 4.69) is 5.32 Å². The molecule has 0 saturated carbocycles. The first-order valence-electron chi connectivity index (χ1n) is 5.57. The first-order chi connectivity index (χ1) is 8.82. The van der Waals surface area contributed by atoms with E-state index in [4.69, 9.17) is 5.11 Å². The third-order valence-corrected chi connectivity index (χ3v) is 2.42. The lowest BCUT2D eigenvalue weighted by Gasteiger charge is -2.18. The van der Waals surface area contributed by atoms with Gasteiger partial charge in [0.05, 0.1) is 0 Å². The van der Waals surface area contributed by atoms with E-state index in [-0.39, 0.29) is 5.92 Å². The number of carboxylic acid groups (broad SMARTS) is 1. The predicted molar refractivity (Wildman–Crippen MR) is 64.8 cm³/mol. The molecule has 5 nitrogen and oxygen atoms in total. The largest absolute Gasteiger partial charge is 0.480 e. The summed E-state index contributed by atoms with van der Waals surface area (Å²) in [6.45, 7) is 3.20. The highest BCUT2D eigenvalue weighted by atomic mass is 19.1. The van der Waals surface area contributed by atoms with E-state index in [9.17, 15) is 18.4 Å². The molecule has 1 aromatic rings. The number of para-hydroxylation sites is 1. The first kappa shape index (κ1) is 14.9. The summed E-state index contributed by atoms with van der Waals surface area (Å²) in [5.41, 5.74) is -0.618. The molecular weight excluding hydrogens is 258 g/mol. The molecule has 7 heteroatoms. The Labute approximate surface area is 108 Å². The van der Waals surface area contributed by atoms with Gasteiger partial charge in [-0.05, 0) is 18.1 Å². The van der Waals surface area contributed by atoms with Crippen molar-refractivity contribution in [3.63, 3.8) is 0 Å². The number of rotatable bonds is 4. The van der Waals surface area contributed by atoms with E-state index in [1.807, 2.05) is 5.32 Å². The second kappa shape index (κ2) is 6.12. The third-order valence-electron chi connectivity index (χ3n) is 2.42. The number of carbonyl (C=O) groups excluding carboxylic acids is 1. The number of amides is 2. The van der Waals surface area contributed by atoms with Crippen LogP contribution in [0.1, 0.15) is 13.8 Å². The van der Waals surface area contributed by atoms with Crippen LogP contribution in [-0.2, 0) is 4.79 Å². The van der Waals surface area contributed by atoms with Crippen LogP contribution in [0, 0.1) is 17.6 Å². The Kier molecular flexibility index (Phi) is 4.80. The maximum absolute atomic E-state index is 13.3. The minimum Gasteiger partial charge on any atom is -0.480 e. The van der Waals surface area contributed by atoms with Gasteiger partial charge in [-0.2, -0.15) is 0 Å². The first-order valence-corrected chi connectivity index (χ1v) is 5.57. The Hall–Kier alpha value is -2.18. The molecule has 0 heterocycles.